The Balaban J connectivity index is 0.00000144. The molecule has 0 bridgehead atoms. The third-order valence-corrected chi connectivity index (χ3v) is 2.66. The predicted molar refractivity (Wildman–Crippen MR) is 50.2 cm³/mol. The lowest BCUT2D eigenvalue weighted by atomic mass is 9.91. The Hall–Kier alpha value is 0.650. The monoisotopic (exact) mass is 299 g/mol. The normalized spacial score (nSPS) is 20.8. The summed E-state index contributed by atoms with van der Waals surface area (Å²) in [5.41, 5.74) is 0.224. The molecule has 1 heterocycles. The van der Waals surface area contributed by atoms with Crippen molar-refractivity contribution in [3.63, 3.8) is 0 Å². The van der Waals surface area contributed by atoms with Crippen molar-refractivity contribution in [3.8, 4) is 0 Å². The van der Waals surface area contributed by atoms with Gasteiger partial charge in [0.25, 0.3) is 0 Å². The summed E-state index contributed by atoms with van der Waals surface area (Å²) in [7, 11) is 0. The van der Waals surface area contributed by atoms with E-state index in [0.29, 0.717) is 0 Å². The summed E-state index contributed by atoms with van der Waals surface area (Å²) in [6.07, 6.45) is 4.95. The second-order valence-corrected chi connectivity index (χ2v) is 3.81. The van der Waals surface area contributed by atoms with Gasteiger partial charge in [0.15, 0.2) is 0 Å². The Morgan fingerprint density at radius 3 is 2.23 bits per heavy atom. The van der Waals surface area contributed by atoms with Gasteiger partial charge in [-0.05, 0) is 12.8 Å². The average Bonchev–Trinajstić information content (AvgIpc) is 2.07. The van der Waals surface area contributed by atoms with Crippen molar-refractivity contribution in [3.05, 3.63) is 0 Å². The number of ether oxygens (including phenoxy) is 1. The van der Waals surface area contributed by atoms with Crippen LogP contribution < -0.4 is 29.3 Å². The van der Waals surface area contributed by atoms with Crippen molar-refractivity contribution in [2.24, 2.45) is 0 Å². The first kappa shape index (κ1) is 13.7. The maximum atomic E-state index is 5.92. The summed E-state index contributed by atoms with van der Waals surface area (Å²) in [6.45, 7) is 7.76. The quantitative estimate of drug-likeness (QED) is 0.593. The van der Waals surface area contributed by atoms with E-state index in [0.717, 1.165) is 13.2 Å². The standard InChI is InChI=1S/C10H21NO.HI/c1-3-5-10(6-4-2)9-11-7-8-12-10;/h11H,3-9H2,1-2H3;1H. The minimum Gasteiger partial charge on any atom is -1.00 e. The minimum atomic E-state index is 0. The van der Waals surface area contributed by atoms with Gasteiger partial charge in [-0.15, -0.1) is 0 Å². The molecule has 0 atom stereocenters. The summed E-state index contributed by atoms with van der Waals surface area (Å²) in [5, 5.41) is 2.40. The van der Waals surface area contributed by atoms with Crippen LogP contribution in [0.4, 0.5) is 0 Å². The van der Waals surface area contributed by atoms with Gasteiger partial charge >= 0.3 is 0 Å². The van der Waals surface area contributed by atoms with Gasteiger partial charge in [-0.25, -0.2) is 0 Å². The Labute approximate surface area is 98.8 Å². The van der Waals surface area contributed by atoms with Crippen LogP contribution in [-0.2, 0) is 4.74 Å². The zero-order chi connectivity index (χ0) is 8.86. The highest BCUT2D eigenvalue weighted by molar-refractivity contribution is 4.80. The van der Waals surface area contributed by atoms with Crippen LogP contribution in [0.3, 0.4) is 0 Å². The molecule has 0 aromatic heterocycles. The van der Waals surface area contributed by atoms with E-state index in [1.54, 1.807) is 0 Å². The van der Waals surface area contributed by atoms with E-state index in [1.165, 1.54) is 32.2 Å². The van der Waals surface area contributed by atoms with Crippen LogP contribution in [0.1, 0.15) is 39.5 Å². The van der Waals surface area contributed by atoms with Crippen LogP contribution in [0.25, 0.3) is 0 Å². The largest absolute Gasteiger partial charge is 1.00 e. The SMILES string of the molecule is CCCC1(CCC)C[NH2+]CCO1.[I-]. The molecule has 1 aliphatic rings. The topological polar surface area (TPSA) is 25.8 Å². The first-order chi connectivity index (χ1) is 5.83. The fraction of sp³-hybridized carbons (Fsp3) is 1.00. The molecular formula is C10H22INO. The number of quaternary nitrogens is 1. The van der Waals surface area contributed by atoms with Crippen molar-refractivity contribution in [2.45, 2.75) is 45.1 Å². The molecule has 2 N–H and O–H groups in total. The summed E-state index contributed by atoms with van der Waals surface area (Å²) in [4.78, 5) is 0. The van der Waals surface area contributed by atoms with Crippen molar-refractivity contribution in [1.29, 1.82) is 0 Å². The highest BCUT2D eigenvalue weighted by Crippen LogP contribution is 2.23. The zero-order valence-corrected chi connectivity index (χ0v) is 11.0. The second-order valence-electron chi connectivity index (χ2n) is 3.81. The van der Waals surface area contributed by atoms with Crippen molar-refractivity contribution in [1.82, 2.24) is 0 Å². The lowest BCUT2D eigenvalue weighted by molar-refractivity contribution is -0.686. The van der Waals surface area contributed by atoms with Crippen LogP contribution in [-0.4, -0.2) is 25.3 Å². The molecule has 0 aromatic carbocycles. The Morgan fingerprint density at radius 2 is 1.85 bits per heavy atom. The average molecular weight is 299 g/mol. The van der Waals surface area contributed by atoms with Crippen LogP contribution in [0.2, 0.25) is 0 Å². The smallest absolute Gasteiger partial charge is 0.117 e. The molecule has 80 valence electrons. The highest BCUT2D eigenvalue weighted by Gasteiger charge is 2.33. The summed E-state index contributed by atoms with van der Waals surface area (Å²) in [6, 6.07) is 0. The van der Waals surface area contributed by atoms with Gasteiger partial charge in [0, 0.05) is 0 Å². The lowest BCUT2D eigenvalue weighted by Gasteiger charge is -2.35. The first-order valence-corrected chi connectivity index (χ1v) is 5.28. The van der Waals surface area contributed by atoms with E-state index in [9.17, 15) is 0 Å². The molecule has 0 spiro atoms. The summed E-state index contributed by atoms with van der Waals surface area (Å²) in [5.74, 6) is 0. The van der Waals surface area contributed by atoms with Crippen LogP contribution in [0.15, 0.2) is 0 Å². The first-order valence-electron chi connectivity index (χ1n) is 5.28. The number of nitrogens with two attached hydrogens (primary N) is 1. The number of hydrogen-bond donors (Lipinski definition) is 1. The maximum Gasteiger partial charge on any atom is 0.117 e. The van der Waals surface area contributed by atoms with E-state index in [-0.39, 0.29) is 29.6 Å². The molecule has 1 saturated heterocycles. The third kappa shape index (κ3) is 4.13. The molecule has 0 aliphatic carbocycles. The van der Waals surface area contributed by atoms with Gasteiger partial charge in [0.2, 0.25) is 0 Å². The Morgan fingerprint density at radius 1 is 1.23 bits per heavy atom. The zero-order valence-electron chi connectivity index (χ0n) is 8.81. The second kappa shape index (κ2) is 7.01. The Kier molecular flexibility index (Phi) is 7.36. The molecule has 0 unspecified atom stereocenters. The van der Waals surface area contributed by atoms with Gasteiger partial charge in [-0.1, -0.05) is 26.7 Å². The van der Waals surface area contributed by atoms with Crippen LogP contribution >= 0.6 is 0 Å². The molecule has 0 amide bonds. The fourth-order valence-electron chi connectivity index (χ4n) is 2.17. The van der Waals surface area contributed by atoms with Crippen LogP contribution in [0.5, 0.6) is 0 Å². The van der Waals surface area contributed by atoms with E-state index < -0.39 is 0 Å². The fourth-order valence-corrected chi connectivity index (χ4v) is 2.17. The summed E-state index contributed by atoms with van der Waals surface area (Å²) >= 11 is 0. The van der Waals surface area contributed by atoms with E-state index >= 15 is 0 Å². The molecule has 13 heavy (non-hydrogen) atoms. The van der Waals surface area contributed by atoms with Gasteiger partial charge in [-0.2, -0.15) is 0 Å². The highest BCUT2D eigenvalue weighted by atomic mass is 127. The maximum absolute atomic E-state index is 5.92. The van der Waals surface area contributed by atoms with Gasteiger partial charge in [0.1, 0.15) is 12.1 Å². The van der Waals surface area contributed by atoms with Crippen molar-refractivity contribution >= 4 is 0 Å². The molecule has 2 nitrogen and oxygen atoms in total. The molecule has 0 radical (unpaired) electrons. The third-order valence-electron chi connectivity index (χ3n) is 2.66. The molecule has 0 aromatic rings. The van der Waals surface area contributed by atoms with Crippen molar-refractivity contribution in [2.75, 3.05) is 19.7 Å². The summed E-state index contributed by atoms with van der Waals surface area (Å²) < 4.78 is 5.92. The van der Waals surface area contributed by atoms with E-state index in [4.69, 9.17) is 4.74 Å². The molecule has 1 aliphatic heterocycles. The van der Waals surface area contributed by atoms with Crippen molar-refractivity contribution < 1.29 is 34.0 Å². The van der Waals surface area contributed by atoms with Crippen LogP contribution in [0, 0.1) is 0 Å². The van der Waals surface area contributed by atoms with Gasteiger partial charge < -0.3 is 34.0 Å². The number of rotatable bonds is 4. The Bertz CT molecular complexity index is 109. The minimum absolute atomic E-state index is 0. The van der Waals surface area contributed by atoms with Gasteiger partial charge in [0.05, 0.1) is 13.2 Å². The molecule has 3 heteroatoms. The molecular weight excluding hydrogens is 277 g/mol. The number of hydrogen-bond acceptors (Lipinski definition) is 1. The molecule has 1 rings (SSSR count). The van der Waals surface area contributed by atoms with E-state index in [1.807, 2.05) is 0 Å². The molecule has 0 saturated carbocycles. The lowest BCUT2D eigenvalue weighted by Crippen LogP contribution is -3.00. The predicted octanol–water partition coefficient (Wildman–Crippen LogP) is -2.08. The molecule has 1 fully saturated rings. The van der Waals surface area contributed by atoms with E-state index in [2.05, 4.69) is 19.2 Å². The number of halogens is 1. The van der Waals surface area contributed by atoms with Gasteiger partial charge in [-0.3, -0.25) is 0 Å². The number of morpholine rings is 1.